The average molecular weight is 665 g/mol. The fourth-order valence-electron chi connectivity index (χ4n) is 5.47. The molecule has 2 aliphatic rings. The van der Waals surface area contributed by atoms with Crippen molar-refractivity contribution in [2.24, 2.45) is 0 Å². The number of carboxylic acid groups (broad SMARTS) is 1. The average Bonchev–Trinajstić information content (AvgIpc) is 3.80. The van der Waals surface area contributed by atoms with Crippen molar-refractivity contribution in [1.82, 2.24) is 9.80 Å². The Morgan fingerprint density at radius 2 is 1.57 bits per heavy atom. The molecule has 3 unspecified atom stereocenters. The third-order valence-electron chi connectivity index (χ3n) is 8.44. The molecule has 12 nitrogen and oxygen atoms in total. The maximum Gasteiger partial charge on any atom is 0.410 e. The van der Waals surface area contributed by atoms with Crippen LogP contribution in [-0.4, -0.2) is 107 Å². The zero-order valence-electron chi connectivity index (χ0n) is 28.7. The number of rotatable bonds is 13. The van der Waals surface area contributed by atoms with Crippen LogP contribution in [-0.2, 0) is 44.5 Å². The van der Waals surface area contributed by atoms with E-state index in [0.29, 0.717) is 37.5 Å². The monoisotopic (exact) mass is 664 g/mol. The summed E-state index contributed by atoms with van der Waals surface area (Å²) in [6, 6.07) is 5.89. The van der Waals surface area contributed by atoms with Crippen LogP contribution in [0.2, 0.25) is 0 Å². The van der Waals surface area contributed by atoms with E-state index in [4.69, 9.17) is 18.9 Å². The molecule has 1 saturated heterocycles. The number of alkyl halides is 1. The quantitative estimate of drug-likeness (QED) is 0.237. The summed E-state index contributed by atoms with van der Waals surface area (Å²) in [4.78, 5) is 66.7. The van der Waals surface area contributed by atoms with E-state index in [1.807, 2.05) is 12.1 Å². The van der Waals surface area contributed by atoms with Crippen LogP contribution in [0, 0.1) is 0 Å². The predicted octanol–water partition coefficient (Wildman–Crippen LogP) is 4.42. The summed E-state index contributed by atoms with van der Waals surface area (Å²) in [6.07, 6.45) is -1.98. The maximum absolute atomic E-state index is 14.9. The molecular weight excluding hydrogens is 615 g/mol. The Labute approximate surface area is 275 Å². The van der Waals surface area contributed by atoms with Gasteiger partial charge in [-0.15, -0.1) is 0 Å². The molecule has 1 N–H and O–H groups in total. The standard InChI is InChI=1S/C34H49FN2O10/c1-21(45-30(42)34(15-16-34)37(8)31(43)47-32(2,3)4)27(38)36(7)25(20-33(5,6)35)29(41)46-26(28(39)40)19-22-9-11-23(12-10-22)24-13-17-44-18-14-24/h9-12,21,24-26H,13-20H2,1-8H3,(H,39,40). The van der Waals surface area contributed by atoms with Gasteiger partial charge in [0, 0.05) is 40.2 Å². The van der Waals surface area contributed by atoms with Crippen LogP contribution in [0.1, 0.15) is 90.7 Å². The molecule has 2 fully saturated rings. The second-order valence-corrected chi connectivity index (χ2v) is 14.1. The van der Waals surface area contributed by atoms with Gasteiger partial charge in [0.1, 0.15) is 22.9 Å². The van der Waals surface area contributed by atoms with E-state index in [9.17, 15) is 33.5 Å². The van der Waals surface area contributed by atoms with Gasteiger partial charge in [-0.3, -0.25) is 9.69 Å². The first-order chi connectivity index (χ1) is 21.7. The number of amides is 2. The highest BCUT2D eigenvalue weighted by Gasteiger charge is 2.58. The molecule has 0 aromatic heterocycles. The second kappa shape index (κ2) is 15.0. The molecule has 0 bridgehead atoms. The van der Waals surface area contributed by atoms with Gasteiger partial charge in [0.05, 0.1) is 0 Å². The Bertz CT molecular complexity index is 1290. The Balaban J connectivity index is 1.69. The van der Waals surface area contributed by atoms with E-state index in [0.717, 1.165) is 28.2 Å². The van der Waals surface area contributed by atoms with E-state index in [1.54, 1.807) is 32.9 Å². The number of hydrogen-bond acceptors (Lipinski definition) is 9. The van der Waals surface area contributed by atoms with Gasteiger partial charge < -0.3 is 29.0 Å². The molecular formula is C34H49FN2O10. The van der Waals surface area contributed by atoms with Crippen molar-refractivity contribution >= 4 is 29.9 Å². The normalized spacial score (nSPS) is 18.2. The first-order valence-electron chi connectivity index (χ1n) is 16.0. The lowest BCUT2D eigenvalue weighted by atomic mass is 9.91. The van der Waals surface area contributed by atoms with Crippen molar-refractivity contribution in [3.63, 3.8) is 0 Å². The third kappa shape index (κ3) is 10.4. The molecule has 1 aliphatic heterocycles. The largest absolute Gasteiger partial charge is 0.478 e. The molecule has 3 rings (SSSR count). The Morgan fingerprint density at radius 3 is 2.06 bits per heavy atom. The topological polar surface area (TPSA) is 149 Å². The van der Waals surface area contributed by atoms with Crippen LogP contribution in [0.4, 0.5) is 9.18 Å². The number of benzene rings is 1. The molecule has 1 heterocycles. The molecule has 0 radical (unpaired) electrons. The molecule has 2 amide bonds. The Kier molecular flexibility index (Phi) is 12.0. The Morgan fingerprint density at radius 1 is 1.00 bits per heavy atom. The van der Waals surface area contributed by atoms with Gasteiger partial charge in [-0.2, -0.15) is 0 Å². The van der Waals surface area contributed by atoms with Crippen LogP contribution < -0.4 is 0 Å². The minimum Gasteiger partial charge on any atom is -0.478 e. The summed E-state index contributed by atoms with van der Waals surface area (Å²) in [5.41, 5.74) is -2.30. The molecule has 3 atom stereocenters. The van der Waals surface area contributed by atoms with Crippen LogP contribution in [0.5, 0.6) is 0 Å². The number of halogens is 1. The van der Waals surface area contributed by atoms with Crippen LogP contribution in [0.25, 0.3) is 0 Å². The minimum atomic E-state index is -1.95. The third-order valence-corrected chi connectivity index (χ3v) is 8.44. The number of ether oxygens (including phenoxy) is 4. The van der Waals surface area contributed by atoms with E-state index < -0.39 is 71.4 Å². The van der Waals surface area contributed by atoms with Crippen molar-refractivity contribution in [1.29, 1.82) is 0 Å². The number of nitrogens with zero attached hydrogens (tertiary/aromatic N) is 2. The van der Waals surface area contributed by atoms with E-state index in [2.05, 4.69) is 0 Å². The number of hydrogen-bond donors (Lipinski definition) is 1. The van der Waals surface area contributed by atoms with Crippen LogP contribution >= 0.6 is 0 Å². The molecule has 262 valence electrons. The lowest BCUT2D eigenvalue weighted by Crippen LogP contribution is -2.52. The lowest BCUT2D eigenvalue weighted by molar-refractivity contribution is -0.173. The summed E-state index contributed by atoms with van der Waals surface area (Å²) >= 11 is 0. The lowest BCUT2D eigenvalue weighted by Gasteiger charge is -2.33. The molecule has 0 spiro atoms. The van der Waals surface area contributed by atoms with Crippen molar-refractivity contribution < 1.29 is 52.4 Å². The molecule has 1 aromatic rings. The number of carboxylic acids is 1. The van der Waals surface area contributed by atoms with Gasteiger partial charge in [-0.05, 0) is 84.3 Å². The highest BCUT2D eigenvalue weighted by molar-refractivity contribution is 5.92. The number of aliphatic carboxylic acids is 1. The Hall–Kier alpha value is -3.74. The first-order valence-corrected chi connectivity index (χ1v) is 16.0. The van der Waals surface area contributed by atoms with Gasteiger partial charge in [0.25, 0.3) is 5.91 Å². The van der Waals surface area contributed by atoms with Crippen molar-refractivity contribution in [3.05, 3.63) is 35.4 Å². The number of carbonyl (C=O) groups excluding carboxylic acids is 4. The molecule has 13 heteroatoms. The summed E-state index contributed by atoms with van der Waals surface area (Å²) in [6.45, 7) is 10.2. The zero-order chi connectivity index (χ0) is 35.3. The van der Waals surface area contributed by atoms with Gasteiger partial charge in [0.2, 0.25) is 6.10 Å². The zero-order valence-corrected chi connectivity index (χ0v) is 28.7. The fraction of sp³-hybridized carbons (Fsp3) is 0.676. The van der Waals surface area contributed by atoms with E-state index in [1.165, 1.54) is 34.9 Å². The summed E-state index contributed by atoms with van der Waals surface area (Å²) in [5, 5.41) is 9.88. The van der Waals surface area contributed by atoms with Gasteiger partial charge in [-0.25, -0.2) is 23.6 Å². The number of likely N-dealkylation sites (N-methyl/N-ethyl adjacent to an activating group) is 2. The second-order valence-electron chi connectivity index (χ2n) is 14.1. The van der Waals surface area contributed by atoms with Crippen LogP contribution in [0.15, 0.2) is 24.3 Å². The summed E-state index contributed by atoms with van der Waals surface area (Å²) < 4.78 is 36.5. The highest BCUT2D eigenvalue weighted by atomic mass is 19.1. The summed E-state index contributed by atoms with van der Waals surface area (Å²) in [7, 11) is 2.64. The van der Waals surface area contributed by atoms with Gasteiger partial charge >= 0.3 is 24.0 Å². The van der Waals surface area contributed by atoms with Crippen molar-refractivity contribution in [3.8, 4) is 0 Å². The van der Waals surface area contributed by atoms with Crippen molar-refractivity contribution in [2.45, 2.75) is 121 Å². The maximum atomic E-state index is 14.9. The molecule has 1 saturated carbocycles. The molecule has 1 aromatic carbocycles. The fourth-order valence-corrected chi connectivity index (χ4v) is 5.47. The SMILES string of the molecule is CC(OC(=O)C1(N(C)C(=O)OC(C)(C)C)CC1)C(=O)N(C)C(CC(C)(C)F)C(=O)OC(Cc1ccc(C2CCOCC2)cc1)C(=O)O. The van der Waals surface area contributed by atoms with Crippen molar-refractivity contribution in [2.75, 3.05) is 27.3 Å². The van der Waals surface area contributed by atoms with E-state index >= 15 is 0 Å². The first kappa shape index (κ1) is 37.7. The highest BCUT2D eigenvalue weighted by Crippen LogP contribution is 2.43. The van der Waals surface area contributed by atoms with Gasteiger partial charge in [0.15, 0.2) is 6.10 Å². The van der Waals surface area contributed by atoms with Crippen LogP contribution in [0.3, 0.4) is 0 Å². The predicted molar refractivity (Wildman–Crippen MR) is 168 cm³/mol. The molecule has 47 heavy (non-hydrogen) atoms. The van der Waals surface area contributed by atoms with E-state index in [-0.39, 0.29) is 6.42 Å². The minimum absolute atomic E-state index is 0.139. The van der Waals surface area contributed by atoms with Gasteiger partial charge in [-0.1, -0.05) is 24.3 Å². The molecule has 1 aliphatic carbocycles. The number of carbonyl (C=O) groups is 5. The number of esters is 2. The summed E-state index contributed by atoms with van der Waals surface area (Å²) in [5.74, 6) is -3.81. The smallest absolute Gasteiger partial charge is 0.410 e.